The molecule has 16 heteroatoms. The molecule has 1 unspecified atom stereocenters. The Hall–Kier alpha value is -4.80. The molecule has 0 aromatic heterocycles. The molecule has 1 aliphatic heterocycles. The van der Waals surface area contributed by atoms with Gasteiger partial charge in [0.15, 0.2) is 0 Å². The van der Waals surface area contributed by atoms with Gasteiger partial charge >= 0.3 is 15.6 Å². The number of halogens is 3. The van der Waals surface area contributed by atoms with Crippen molar-refractivity contribution in [2.24, 2.45) is 0 Å². The maximum absolute atomic E-state index is 14.1. The van der Waals surface area contributed by atoms with Gasteiger partial charge < -0.3 is 10.2 Å². The minimum atomic E-state index is -6.31. The number of hydrogen-bond acceptors (Lipinski definition) is 9. The van der Waals surface area contributed by atoms with Gasteiger partial charge in [-0.1, -0.05) is 48.5 Å². The van der Waals surface area contributed by atoms with E-state index in [4.69, 9.17) is 4.18 Å². The lowest BCUT2D eigenvalue weighted by Gasteiger charge is -2.36. The summed E-state index contributed by atoms with van der Waals surface area (Å²) < 4.78 is 98.4. The average molecular weight is 648 g/mol. The summed E-state index contributed by atoms with van der Waals surface area (Å²) in [6.07, 6.45) is -2.15. The van der Waals surface area contributed by atoms with E-state index in [1.807, 2.05) is 0 Å². The van der Waals surface area contributed by atoms with Crippen LogP contribution in [0.2, 0.25) is 0 Å². The number of alkyl halides is 3. The first kappa shape index (κ1) is 30.7. The molecule has 0 aliphatic carbocycles. The molecule has 11 nitrogen and oxygen atoms in total. The van der Waals surface area contributed by atoms with Crippen molar-refractivity contribution < 1.29 is 43.9 Å². The molecule has 0 saturated carbocycles. The first-order valence-electron chi connectivity index (χ1n) is 12.5. The standard InChI is InChI=1S/C28H20F3N3O8S2/c1-33-19-12-6-5-11-18(19)26(42-44(40,41)28(29,30)31)24-21(33)15-16-23(25(24)27(35)32-17-9-3-2-4-10-17)43(38,39)22-14-8-7-13-20(22)34(36)37/h2-16,26H,1H3,(H,32,35). The van der Waals surface area contributed by atoms with Crippen LogP contribution in [0.5, 0.6) is 0 Å². The quantitative estimate of drug-likeness (QED) is 0.115. The molecule has 0 saturated heterocycles. The number of benzene rings is 4. The Kier molecular flexibility index (Phi) is 7.69. The first-order chi connectivity index (χ1) is 20.6. The Morgan fingerprint density at radius 3 is 2.14 bits per heavy atom. The van der Waals surface area contributed by atoms with Gasteiger partial charge in [0.05, 0.1) is 15.4 Å². The average Bonchev–Trinajstić information content (AvgIpc) is 2.98. The van der Waals surface area contributed by atoms with Crippen molar-refractivity contribution in [3.8, 4) is 0 Å². The van der Waals surface area contributed by atoms with Gasteiger partial charge in [-0.15, -0.1) is 0 Å². The number of para-hydroxylation sites is 3. The number of nitrogens with zero attached hydrogens (tertiary/aromatic N) is 2. The zero-order valence-electron chi connectivity index (χ0n) is 22.3. The second kappa shape index (κ2) is 11.0. The molecule has 228 valence electrons. The van der Waals surface area contributed by atoms with Crippen LogP contribution in [0.4, 0.5) is 35.9 Å². The van der Waals surface area contributed by atoms with Crippen LogP contribution in [0.1, 0.15) is 27.6 Å². The molecule has 1 atom stereocenters. The lowest BCUT2D eigenvalue weighted by molar-refractivity contribution is -0.387. The predicted octanol–water partition coefficient (Wildman–Crippen LogP) is 5.72. The molecule has 5 rings (SSSR count). The third kappa shape index (κ3) is 5.27. The van der Waals surface area contributed by atoms with E-state index in [9.17, 15) is 44.9 Å². The van der Waals surface area contributed by atoms with E-state index in [-0.39, 0.29) is 22.6 Å². The van der Waals surface area contributed by atoms with Gasteiger partial charge in [0.2, 0.25) is 9.84 Å². The molecule has 0 bridgehead atoms. The topological polar surface area (TPSA) is 153 Å². The van der Waals surface area contributed by atoms with Crippen molar-refractivity contribution in [3.63, 3.8) is 0 Å². The monoisotopic (exact) mass is 647 g/mol. The smallest absolute Gasteiger partial charge is 0.344 e. The maximum Gasteiger partial charge on any atom is 0.523 e. The van der Waals surface area contributed by atoms with Gasteiger partial charge in [-0.25, -0.2) is 12.6 Å². The van der Waals surface area contributed by atoms with E-state index in [0.29, 0.717) is 0 Å². The summed E-state index contributed by atoms with van der Waals surface area (Å²) >= 11 is 0. The lowest BCUT2D eigenvalue weighted by atomic mass is 9.89. The van der Waals surface area contributed by atoms with Gasteiger partial charge in [-0.05, 0) is 36.4 Å². The van der Waals surface area contributed by atoms with Gasteiger partial charge in [0.1, 0.15) is 11.0 Å². The zero-order chi connectivity index (χ0) is 32.0. The molecule has 0 radical (unpaired) electrons. The van der Waals surface area contributed by atoms with E-state index in [1.165, 1.54) is 60.5 Å². The molecule has 44 heavy (non-hydrogen) atoms. The van der Waals surface area contributed by atoms with E-state index in [0.717, 1.165) is 24.3 Å². The lowest BCUT2D eigenvalue weighted by Crippen LogP contribution is -2.33. The number of rotatable bonds is 7. The molecule has 4 aromatic carbocycles. The number of anilines is 3. The minimum Gasteiger partial charge on any atom is -0.344 e. The SMILES string of the molecule is CN1c2ccccc2C(OS(=O)(=O)C(F)(F)F)c2c1ccc(S(=O)(=O)c1ccccc1[N+](=O)[O-])c2C(=O)Nc1ccccc1. The van der Waals surface area contributed by atoms with Gasteiger partial charge in [-0.3, -0.25) is 14.9 Å². The highest BCUT2D eigenvalue weighted by Crippen LogP contribution is 2.50. The fourth-order valence-corrected chi connectivity index (χ4v) is 7.05. The fraction of sp³-hybridized carbons (Fsp3) is 0.107. The molecule has 1 N–H and O–H groups in total. The Morgan fingerprint density at radius 2 is 1.48 bits per heavy atom. The van der Waals surface area contributed by atoms with Crippen molar-refractivity contribution in [2.45, 2.75) is 21.4 Å². The normalized spacial score (nSPS) is 14.8. The number of amides is 1. The summed E-state index contributed by atoms with van der Waals surface area (Å²) in [6, 6.07) is 19.7. The van der Waals surface area contributed by atoms with E-state index < -0.39 is 69.0 Å². The highest BCUT2D eigenvalue weighted by atomic mass is 32.2. The fourth-order valence-electron chi connectivity index (χ4n) is 4.85. The number of nitrogens with one attached hydrogen (secondary N) is 1. The van der Waals surface area contributed by atoms with Crippen LogP contribution < -0.4 is 10.2 Å². The van der Waals surface area contributed by atoms with Gasteiger partial charge in [-0.2, -0.15) is 21.6 Å². The van der Waals surface area contributed by atoms with Crippen LogP contribution in [0.3, 0.4) is 0 Å². The van der Waals surface area contributed by atoms with Crippen molar-refractivity contribution in [1.29, 1.82) is 0 Å². The van der Waals surface area contributed by atoms with Crippen LogP contribution >= 0.6 is 0 Å². The molecule has 4 aromatic rings. The summed E-state index contributed by atoms with van der Waals surface area (Å²) in [4.78, 5) is 24.6. The summed E-state index contributed by atoms with van der Waals surface area (Å²) in [5.74, 6) is -1.16. The highest BCUT2D eigenvalue weighted by Gasteiger charge is 2.51. The molecule has 0 spiro atoms. The predicted molar refractivity (Wildman–Crippen MR) is 152 cm³/mol. The number of carbonyl (C=O) groups excluding carboxylic acids is 1. The molecule has 0 fully saturated rings. The van der Waals surface area contributed by atoms with Crippen LogP contribution in [-0.4, -0.2) is 40.2 Å². The number of hydrogen-bond donors (Lipinski definition) is 1. The highest BCUT2D eigenvalue weighted by molar-refractivity contribution is 7.91. The molecular formula is C28H20F3N3O8S2. The van der Waals surface area contributed by atoms with Gasteiger partial charge in [0.25, 0.3) is 11.6 Å². The van der Waals surface area contributed by atoms with Crippen LogP contribution in [0, 0.1) is 10.1 Å². The number of carbonyl (C=O) groups is 1. The minimum absolute atomic E-state index is 0.0502. The third-order valence-electron chi connectivity index (χ3n) is 6.79. The number of sulfone groups is 1. The summed E-state index contributed by atoms with van der Waals surface area (Å²) in [7, 11) is -9.79. The van der Waals surface area contributed by atoms with Crippen molar-refractivity contribution >= 4 is 48.6 Å². The van der Waals surface area contributed by atoms with Crippen LogP contribution in [-0.2, 0) is 24.1 Å². The summed E-state index contributed by atoms with van der Waals surface area (Å²) in [5, 5.41) is 14.2. The zero-order valence-corrected chi connectivity index (χ0v) is 24.0. The summed E-state index contributed by atoms with van der Waals surface area (Å²) in [6.45, 7) is 0. The van der Waals surface area contributed by atoms with E-state index in [1.54, 1.807) is 18.2 Å². The second-order valence-electron chi connectivity index (χ2n) is 9.41. The summed E-state index contributed by atoms with van der Waals surface area (Å²) in [5.41, 5.74) is -7.78. The maximum atomic E-state index is 14.1. The van der Waals surface area contributed by atoms with Crippen LogP contribution in [0.25, 0.3) is 0 Å². The van der Waals surface area contributed by atoms with Gasteiger partial charge in [0, 0.05) is 41.3 Å². The third-order valence-corrected chi connectivity index (χ3v) is 9.65. The number of nitro benzene ring substituents is 1. The number of nitro groups is 1. The van der Waals surface area contributed by atoms with Crippen LogP contribution in [0.15, 0.2) is 101 Å². The molecular weight excluding hydrogens is 627 g/mol. The van der Waals surface area contributed by atoms with E-state index in [2.05, 4.69) is 5.32 Å². The Bertz CT molecular complexity index is 2020. The molecule has 1 aliphatic rings. The number of fused-ring (bicyclic) bond motifs is 2. The first-order valence-corrected chi connectivity index (χ1v) is 15.4. The largest absolute Gasteiger partial charge is 0.523 e. The second-order valence-corrected chi connectivity index (χ2v) is 12.9. The molecule has 1 heterocycles. The van der Waals surface area contributed by atoms with Crippen molar-refractivity contribution in [3.05, 3.63) is 118 Å². The van der Waals surface area contributed by atoms with Crippen molar-refractivity contribution in [1.82, 2.24) is 0 Å². The Morgan fingerprint density at radius 1 is 0.864 bits per heavy atom. The Labute approximate surface area is 248 Å². The van der Waals surface area contributed by atoms with E-state index >= 15 is 0 Å². The van der Waals surface area contributed by atoms with Crippen molar-refractivity contribution in [2.75, 3.05) is 17.3 Å². The Balaban J connectivity index is 1.86. The molecule has 1 amide bonds.